The smallest absolute Gasteiger partial charge is 0.145 e. The van der Waals surface area contributed by atoms with E-state index in [0.717, 1.165) is 61.5 Å². The molecule has 5 rings (SSSR count). The minimum atomic E-state index is 0.563. The number of hydrogen-bond acceptors (Lipinski definition) is 6. The van der Waals surface area contributed by atoms with E-state index in [2.05, 4.69) is 44.0 Å². The van der Waals surface area contributed by atoms with Crippen molar-refractivity contribution < 1.29 is 0 Å². The molecule has 1 aliphatic rings. The molecule has 146 valence electrons. The van der Waals surface area contributed by atoms with E-state index in [1.54, 1.807) is 0 Å². The lowest BCUT2D eigenvalue weighted by Gasteiger charge is -2.34. The fourth-order valence-electron chi connectivity index (χ4n) is 4.06. The fraction of sp³-hybridized carbons (Fsp3) is 0.261. The van der Waals surface area contributed by atoms with Gasteiger partial charge in [-0.3, -0.25) is 14.8 Å². The second-order valence-electron chi connectivity index (χ2n) is 7.59. The van der Waals surface area contributed by atoms with E-state index in [9.17, 15) is 0 Å². The second-order valence-corrected chi connectivity index (χ2v) is 7.59. The Labute approximate surface area is 170 Å². The van der Waals surface area contributed by atoms with Gasteiger partial charge in [0.1, 0.15) is 11.6 Å². The van der Waals surface area contributed by atoms with Gasteiger partial charge in [-0.1, -0.05) is 36.4 Å². The topological polar surface area (TPSA) is 71.2 Å². The zero-order chi connectivity index (χ0) is 19.6. The first-order valence-electron chi connectivity index (χ1n) is 10.0. The molecule has 2 aromatic heterocycles. The third kappa shape index (κ3) is 3.77. The van der Waals surface area contributed by atoms with Gasteiger partial charge in [-0.15, -0.1) is 0 Å². The van der Waals surface area contributed by atoms with Crippen LogP contribution < -0.4 is 5.73 Å². The predicted molar refractivity (Wildman–Crippen MR) is 116 cm³/mol. The Morgan fingerprint density at radius 2 is 1.55 bits per heavy atom. The molecule has 4 aromatic rings. The first-order valence-corrected chi connectivity index (χ1v) is 10.0. The van der Waals surface area contributed by atoms with Crippen molar-refractivity contribution in [3.05, 3.63) is 72.2 Å². The van der Waals surface area contributed by atoms with Crippen molar-refractivity contribution in [2.45, 2.75) is 13.1 Å². The number of rotatable bonds is 4. The molecule has 0 aliphatic carbocycles. The molecule has 1 aliphatic heterocycles. The highest BCUT2D eigenvalue weighted by Gasteiger charge is 2.19. The number of para-hydroxylation sites is 2. The molecule has 0 spiro atoms. The Bertz CT molecular complexity index is 1150. The quantitative estimate of drug-likeness (QED) is 0.583. The van der Waals surface area contributed by atoms with Crippen molar-refractivity contribution in [3.63, 3.8) is 0 Å². The summed E-state index contributed by atoms with van der Waals surface area (Å²) in [6, 6.07) is 18.5. The molecule has 2 aromatic carbocycles. The van der Waals surface area contributed by atoms with Crippen LogP contribution in [0.1, 0.15) is 11.4 Å². The minimum Gasteiger partial charge on any atom is -0.383 e. The molecule has 0 saturated carbocycles. The lowest BCUT2D eigenvalue weighted by molar-refractivity contribution is 0.120. The van der Waals surface area contributed by atoms with Gasteiger partial charge in [-0.2, -0.15) is 0 Å². The standard InChI is InChI=1S/C23H24N6/c24-23-19-8-1-2-9-20(19)26-21(27-23)16-29-13-11-28(12-14-29)15-18-6-3-5-17-7-4-10-25-22(17)18/h1-10H,11-16H2,(H2,24,26,27). The van der Waals surface area contributed by atoms with Gasteiger partial charge in [-0.05, 0) is 23.8 Å². The van der Waals surface area contributed by atoms with Gasteiger partial charge >= 0.3 is 0 Å². The number of benzene rings is 2. The summed E-state index contributed by atoms with van der Waals surface area (Å²) in [6.07, 6.45) is 1.87. The van der Waals surface area contributed by atoms with Gasteiger partial charge in [-0.25, -0.2) is 9.97 Å². The maximum atomic E-state index is 6.13. The molecule has 0 bridgehead atoms. The summed E-state index contributed by atoms with van der Waals surface area (Å²) < 4.78 is 0. The van der Waals surface area contributed by atoms with Crippen LogP contribution in [0.5, 0.6) is 0 Å². The Kier molecular flexibility index (Phi) is 4.79. The van der Waals surface area contributed by atoms with Crippen LogP contribution in [0, 0.1) is 0 Å². The summed E-state index contributed by atoms with van der Waals surface area (Å²) in [5, 5.41) is 2.12. The van der Waals surface area contributed by atoms with Crippen LogP contribution >= 0.6 is 0 Å². The molecule has 0 atom stereocenters. The summed E-state index contributed by atoms with van der Waals surface area (Å²) in [5.74, 6) is 1.36. The number of piperazine rings is 1. The summed E-state index contributed by atoms with van der Waals surface area (Å²) >= 11 is 0. The van der Waals surface area contributed by atoms with Crippen LogP contribution in [-0.2, 0) is 13.1 Å². The number of fused-ring (bicyclic) bond motifs is 2. The average Bonchev–Trinajstić information content (AvgIpc) is 2.75. The molecule has 0 radical (unpaired) electrons. The van der Waals surface area contributed by atoms with E-state index in [4.69, 9.17) is 10.7 Å². The van der Waals surface area contributed by atoms with Crippen LogP contribution in [0.4, 0.5) is 5.82 Å². The number of nitrogens with zero attached hydrogens (tertiary/aromatic N) is 5. The first kappa shape index (κ1) is 18.0. The maximum absolute atomic E-state index is 6.13. The SMILES string of the molecule is Nc1nc(CN2CCN(Cc3cccc4cccnc34)CC2)nc2ccccc12. The van der Waals surface area contributed by atoms with Gasteiger partial charge in [0.05, 0.1) is 17.6 Å². The van der Waals surface area contributed by atoms with Crippen molar-refractivity contribution >= 4 is 27.6 Å². The Morgan fingerprint density at radius 1 is 0.793 bits per heavy atom. The molecule has 3 heterocycles. The third-order valence-corrected chi connectivity index (χ3v) is 5.62. The van der Waals surface area contributed by atoms with E-state index in [-0.39, 0.29) is 0 Å². The van der Waals surface area contributed by atoms with Crippen LogP contribution in [-0.4, -0.2) is 50.9 Å². The number of anilines is 1. The van der Waals surface area contributed by atoms with E-state index in [0.29, 0.717) is 5.82 Å². The van der Waals surface area contributed by atoms with E-state index in [1.807, 2.05) is 36.5 Å². The molecular weight excluding hydrogens is 360 g/mol. The molecule has 0 unspecified atom stereocenters. The van der Waals surface area contributed by atoms with Gasteiger partial charge < -0.3 is 5.73 Å². The zero-order valence-electron chi connectivity index (χ0n) is 16.3. The van der Waals surface area contributed by atoms with E-state index < -0.39 is 0 Å². The van der Waals surface area contributed by atoms with E-state index in [1.165, 1.54) is 10.9 Å². The predicted octanol–water partition coefficient (Wildman–Crippen LogP) is 3.08. The highest BCUT2D eigenvalue weighted by molar-refractivity contribution is 5.87. The van der Waals surface area contributed by atoms with Crippen LogP contribution in [0.2, 0.25) is 0 Å². The highest BCUT2D eigenvalue weighted by Crippen LogP contribution is 2.20. The van der Waals surface area contributed by atoms with Crippen LogP contribution in [0.3, 0.4) is 0 Å². The van der Waals surface area contributed by atoms with Crippen molar-refractivity contribution in [3.8, 4) is 0 Å². The molecule has 6 nitrogen and oxygen atoms in total. The lowest BCUT2D eigenvalue weighted by atomic mass is 10.1. The normalized spacial score (nSPS) is 15.9. The Morgan fingerprint density at radius 3 is 2.41 bits per heavy atom. The first-order chi connectivity index (χ1) is 14.3. The molecule has 0 amide bonds. The zero-order valence-corrected chi connectivity index (χ0v) is 16.3. The monoisotopic (exact) mass is 384 g/mol. The van der Waals surface area contributed by atoms with Gasteiger partial charge in [0.25, 0.3) is 0 Å². The number of nitrogens with two attached hydrogens (primary N) is 1. The van der Waals surface area contributed by atoms with Crippen molar-refractivity contribution in [2.24, 2.45) is 0 Å². The fourth-order valence-corrected chi connectivity index (χ4v) is 4.06. The number of hydrogen-bond donors (Lipinski definition) is 1. The summed E-state index contributed by atoms with van der Waals surface area (Å²) in [4.78, 5) is 18.7. The largest absolute Gasteiger partial charge is 0.383 e. The summed E-state index contributed by atoms with van der Waals surface area (Å²) in [6.45, 7) is 5.70. The van der Waals surface area contributed by atoms with Crippen LogP contribution in [0.15, 0.2) is 60.8 Å². The second kappa shape index (κ2) is 7.73. The lowest BCUT2D eigenvalue weighted by Crippen LogP contribution is -2.45. The van der Waals surface area contributed by atoms with Gasteiger partial charge in [0, 0.05) is 49.7 Å². The van der Waals surface area contributed by atoms with Gasteiger partial charge in [0.2, 0.25) is 0 Å². The number of aromatic nitrogens is 3. The molecular formula is C23H24N6. The molecule has 6 heteroatoms. The van der Waals surface area contributed by atoms with Crippen molar-refractivity contribution in [1.29, 1.82) is 0 Å². The summed E-state index contributed by atoms with van der Waals surface area (Å²) in [5.41, 5.74) is 9.45. The van der Waals surface area contributed by atoms with Crippen molar-refractivity contribution in [1.82, 2.24) is 24.8 Å². The Hall–Kier alpha value is -3.09. The minimum absolute atomic E-state index is 0.563. The van der Waals surface area contributed by atoms with Crippen molar-refractivity contribution in [2.75, 3.05) is 31.9 Å². The molecule has 29 heavy (non-hydrogen) atoms. The third-order valence-electron chi connectivity index (χ3n) is 5.62. The molecule has 2 N–H and O–H groups in total. The molecule has 1 fully saturated rings. The average molecular weight is 384 g/mol. The number of nitrogen functional groups attached to an aromatic ring is 1. The Balaban J connectivity index is 1.24. The summed E-state index contributed by atoms with van der Waals surface area (Å²) in [7, 11) is 0. The number of pyridine rings is 1. The van der Waals surface area contributed by atoms with Crippen LogP contribution in [0.25, 0.3) is 21.8 Å². The maximum Gasteiger partial charge on any atom is 0.145 e. The highest BCUT2D eigenvalue weighted by atomic mass is 15.3. The molecule has 1 saturated heterocycles. The van der Waals surface area contributed by atoms with E-state index >= 15 is 0 Å². The van der Waals surface area contributed by atoms with Gasteiger partial charge in [0.15, 0.2) is 0 Å².